The van der Waals surface area contributed by atoms with Crippen LogP contribution in [0.5, 0.6) is 0 Å². The first kappa shape index (κ1) is 30.8. The zero-order valence-corrected chi connectivity index (χ0v) is 22.9. The molecule has 0 fully saturated rings. The number of carbonyl (C=O) groups excluding carboxylic acids is 4. The van der Waals surface area contributed by atoms with Crippen molar-refractivity contribution in [1.82, 2.24) is 15.5 Å². The van der Waals surface area contributed by atoms with Crippen LogP contribution in [-0.4, -0.2) is 60.6 Å². The molecule has 2 aromatic rings. The number of nitrogens with zero attached hydrogens (tertiary/aromatic N) is 1. The third kappa shape index (κ3) is 9.77. The van der Waals surface area contributed by atoms with E-state index in [2.05, 4.69) is 28.5 Å². The molecule has 208 valence electrons. The summed E-state index contributed by atoms with van der Waals surface area (Å²) in [4.78, 5) is 53.4. The van der Waals surface area contributed by atoms with Gasteiger partial charge in [-0.25, -0.2) is 4.79 Å². The minimum atomic E-state index is -1.15. The first-order valence-electron chi connectivity index (χ1n) is 12.5. The standard InChI is InChI=1S/C30H37N3O6/c1-7-17-33(26(27(35)31-20-25(34)38-6)23-16-12-15-21(8-2)18-23)28(36)24(19-22-13-10-9-11-14-22)32-29(37)39-30(3,4)5/h7-16,18,24,26H,1-2,17,19-20H2,3-6H3,(H,31,35)(H,32,37). The Morgan fingerprint density at radius 2 is 1.72 bits per heavy atom. The zero-order valence-electron chi connectivity index (χ0n) is 22.9. The molecule has 0 spiro atoms. The maximum atomic E-state index is 14.1. The zero-order chi connectivity index (χ0) is 29.0. The minimum Gasteiger partial charge on any atom is -0.468 e. The Bertz CT molecular complexity index is 1170. The summed E-state index contributed by atoms with van der Waals surface area (Å²) in [6.45, 7) is 12.3. The Morgan fingerprint density at radius 3 is 2.31 bits per heavy atom. The van der Waals surface area contributed by atoms with E-state index in [1.165, 1.54) is 18.1 Å². The number of ether oxygens (including phenoxy) is 2. The molecule has 0 aliphatic heterocycles. The van der Waals surface area contributed by atoms with E-state index in [0.717, 1.165) is 11.1 Å². The molecule has 3 amide bonds. The van der Waals surface area contributed by atoms with Crippen LogP contribution in [0.1, 0.15) is 43.5 Å². The third-order valence-corrected chi connectivity index (χ3v) is 5.54. The summed E-state index contributed by atoms with van der Waals surface area (Å²) in [7, 11) is 1.21. The van der Waals surface area contributed by atoms with Crippen LogP contribution >= 0.6 is 0 Å². The van der Waals surface area contributed by atoms with Gasteiger partial charge in [-0.15, -0.1) is 6.58 Å². The molecule has 2 N–H and O–H groups in total. The van der Waals surface area contributed by atoms with Gasteiger partial charge in [-0.1, -0.05) is 67.3 Å². The molecule has 2 unspecified atom stereocenters. The van der Waals surface area contributed by atoms with Crippen molar-refractivity contribution in [3.8, 4) is 0 Å². The number of carbonyl (C=O) groups is 4. The second kappa shape index (κ2) is 14.5. The first-order chi connectivity index (χ1) is 18.5. The van der Waals surface area contributed by atoms with Crippen molar-refractivity contribution in [3.05, 3.63) is 90.5 Å². The number of nitrogens with one attached hydrogen (secondary N) is 2. The predicted molar refractivity (Wildman–Crippen MR) is 150 cm³/mol. The van der Waals surface area contributed by atoms with Crippen LogP contribution in [0.3, 0.4) is 0 Å². The second-order valence-corrected chi connectivity index (χ2v) is 9.74. The van der Waals surface area contributed by atoms with Gasteiger partial charge in [0, 0.05) is 13.0 Å². The number of amides is 3. The first-order valence-corrected chi connectivity index (χ1v) is 12.5. The van der Waals surface area contributed by atoms with Crippen molar-refractivity contribution >= 4 is 30.0 Å². The lowest BCUT2D eigenvalue weighted by Crippen LogP contribution is -2.54. The highest BCUT2D eigenvalue weighted by molar-refractivity contribution is 5.93. The number of rotatable bonds is 12. The molecule has 9 nitrogen and oxygen atoms in total. The van der Waals surface area contributed by atoms with Crippen LogP contribution in [0.15, 0.2) is 73.8 Å². The lowest BCUT2D eigenvalue weighted by molar-refractivity contribution is -0.144. The van der Waals surface area contributed by atoms with Crippen LogP contribution in [0, 0.1) is 0 Å². The van der Waals surface area contributed by atoms with Crippen LogP contribution in [-0.2, 0) is 30.3 Å². The van der Waals surface area contributed by atoms with Gasteiger partial charge in [0.25, 0.3) is 0 Å². The van der Waals surface area contributed by atoms with E-state index >= 15 is 0 Å². The van der Waals surface area contributed by atoms with E-state index in [1.54, 1.807) is 45.0 Å². The molecule has 0 bridgehead atoms. The van der Waals surface area contributed by atoms with E-state index in [0.29, 0.717) is 5.56 Å². The van der Waals surface area contributed by atoms with Crippen molar-refractivity contribution in [2.24, 2.45) is 0 Å². The fourth-order valence-corrected chi connectivity index (χ4v) is 3.82. The van der Waals surface area contributed by atoms with Crippen LogP contribution in [0.4, 0.5) is 4.79 Å². The molecular weight excluding hydrogens is 498 g/mol. The predicted octanol–water partition coefficient (Wildman–Crippen LogP) is 3.81. The van der Waals surface area contributed by atoms with Crippen molar-refractivity contribution in [2.75, 3.05) is 20.2 Å². The Labute approximate surface area is 229 Å². The lowest BCUT2D eigenvalue weighted by atomic mass is 9.99. The summed E-state index contributed by atoms with van der Waals surface area (Å²) in [6.07, 6.45) is 2.49. The highest BCUT2D eigenvalue weighted by Gasteiger charge is 2.36. The Kier molecular flexibility index (Phi) is 11.5. The summed E-state index contributed by atoms with van der Waals surface area (Å²) in [5.74, 6) is -1.78. The summed E-state index contributed by atoms with van der Waals surface area (Å²) in [5, 5.41) is 5.22. The van der Waals surface area contributed by atoms with Gasteiger partial charge in [-0.3, -0.25) is 14.4 Å². The Morgan fingerprint density at radius 1 is 1.03 bits per heavy atom. The van der Waals surface area contributed by atoms with E-state index < -0.39 is 41.6 Å². The highest BCUT2D eigenvalue weighted by Crippen LogP contribution is 2.25. The van der Waals surface area contributed by atoms with E-state index in [-0.39, 0.29) is 19.5 Å². The summed E-state index contributed by atoms with van der Waals surface area (Å²) < 4.78 is 10.1. The van der Waals surface area contributed by atoms with E-state index in [4.69, 9.17) is 4.74 Å². The van der Waals surface area contributed by atoms with Crippen molar-refractivity contribution in [3.63, 3.8) is 0 Å². The molecule has 0 heterocycles. The normalized spacial score (nSPS) is 12.3. The minimum absolute atomic E-state index is 0.0191. The molecule has 0 saturated carbocycles. The molecule has 2 aromatic carbocycles. The fourth-order valence-electron chi connectivity index (χ4n) is 3.82. The maximum Gasteiger partial charge on any atom is 0.408 e. The lowest BCUT2D eigenvalue weighted by Gasteiger charge is -2.34. The van der Waals surface area contributed by atoms with E-state index in [9.17, 15) is 19.2 Å². The highest BCUT2D eigenvalue weighted by atomic mass is 16.6. The molecule has 0 aliphatic carbocycles. The number of esters is 1. The van der Waals surface area contributed by atoms with Gasteiger partial charge in [0.05, 0.1) is 7.11 Å². The molecule has 0 aliphatic rings. The monoisotopic (exact) mass is 535 g/mol. The second-order valence-electron chi connectivity index (χ2n) is 9.74. The van der Waals surface area contributed by atoms with Crippen LogP contribution < -0.4 is 10.6 Å². The topological polar surface area (TPSA) is 114 Å². The number of benzene rings is 2. The fraction of sp³-hybridized carbons (Fsp3) is 0.333. The van der Waals surface area contributed by atoms with Gasteiger partial charge >= 0.3 is 12.1 Å². The summed E-state index contributed by atoms with van der Waals surface area (Å²) in [5.41, 5.74) is 1.23. The number of hydrogen-bond donors (Lipinski definition) is 2. The van der Waals surface area contributed by atoms with Crippen LogP contribution in [0.25, 0.3) is 6.08 Å². The Balaban J connectivity index is 2.54. The molecule has 0 aromatic heterocycles. The van der Waals surface area contributed by atoms with Gasteiger partial charge in [0.15, 0.2) is 0 Å². The number of methoxy groups -OCH3 is 1. The number of hydrogen-bond acceptors (Lipinski definition) is 6. The SMILES string of the molecule is C=CCN(C(=O)C(Cc1ccccc1)NC(=O)OC(C)(C)C)C(C(=O)NCC(=O)OC)c1cccc(C=C)c1. The smallest absolute Gasteiger partial charge is 0.408 e. The summed E-state index contributed by atoms with van der Waals surface area (Å²) >= 11 is 0. The van der Waals surface area contributed by atoms with Gasteiger partial charge in [0.2, 0.25) is 11.8 Å². The molecule has 0 saturated heterocycles. The molecule has 39 heavy (non-hydrogen) atoms. The summed E-state index contributed by atoms with van der Waals surface area (Å²) in [6, 6.07) is 13.9. The van der Waals surface area contributed by atoms with Gasteiger partial charge in [0.1, 0.15) is 24.2 Å². The van der Waals surface area contributed by atoms with E-state index in [1.807, 2.05) is 36.4 Å². The molecule has 2 rings (SSSR count). The average Bonchev–Trinajstić information content (AvgIpc) is 2.90. The Hall–Kier alpha value is -4.40. The molecule has 2 atom stereocenters. The van der Waals surface area contributed by atoms with Crippen molar-refractivity contribution < 1.29 is 28.7 Å². The van der Waals surface area contributed by atoms with Gasteiger partial charge in [-0.2, -0.15) is 0 Å². The largest absolute Gasteiger partial charge is 0.468 e. The maximum absolute atomic E-state index is 14.1. The molecule has 9 heteroatoms. The van der Waals surface area contributed by atoms with Crippen LogP contribution in [0.2, 0.25) is 0 Å². The molecule has 0 radical (unpaired) electrons. The van der Waals surface area contributed by atoms with Crippen molar-refractivity contribution in [1.29, 1.82) is 0 Å². The average molecular weight is 536 g/mol. The van der Waals surface area contributed by atoms with Crippen molar-refractivity contribution in [2.45, 2.75) is 44.9 Å². The number of alkyl carbamates (subject to hydrolysis) is 1. The molecular formula is C30H37N3O6. The van der Waals surface area contributed by atoms with Gasteiger partial charge in [-0.05, 0) is 43.5 Å². The van der Waals surface area contributed by atoms with Gasteiger partial charge < -0.3 is 25.0 Å². The quantitative estimate of drug-likeness (QED) is 0.316. The third-order valence-electron chi connectivity index (χ3n) is 5.54.